The van der Waals surface area contributed by atoms with E-state index in [1.165, 1.54) is 0 Å². The minimum absolute atomic E-state index is 0.169. The Labute approximate surface area is 119 Å². The number of nitrogens with zero attached hydrogens (tertiary/aromatic N) is 1. The summed E-state index contributed by atoms with van der Waals surface area (Å²) < 4.78 is 10.8. The number of ether oxygens (including phenoxy) is 2. The molecule has 1 fully saturated rings. The third-order valence-electron chi connectivity index (χ3n) is 3.32. The predicted molar refractivity (Wildman–Crippen MR) is 79.0 cm³/mol. The third kappa shape index (κ3) is 3.22. The van der Waals surface area contributed by atoms with Crippen LogP contribution in [0.4, 0.5) is 11.4 Å². The van der Waals surface area contributed by atoms with Crippen LogP contribution >= 0.6 is 0 Å². The molecule has 1 aliphatic heterocycles. The average molecular weight is 278 g/mol. The molecule has 0 aliphatic carbocycles. The molecular weight excluding hydrogens is 256 g/mol. The van der Waals surface area contributed by atoms with Crippen LogP contribution in [0.2, 0.25) is 0 Å². The SMILES string of the molecule is CCOC(=O)c1cc(N2CC(C)OC(C)C2)ccc1N. The van der Waals surface area contributed by atoms with E-state index in [2.05, 4.69) is 4.90 Å². The number of nitrogens with two attached hydrogens (primary N) is 1. The second-order valence-electron chi connectivity index (χ2n) is 5.15. The minimum Gasteiger partial charge on any atom is -0.462 e. The molecule has 0 bridgehead atoms. The number of rotatable bonds is 3. The van der Waals surface area contributed by atoms with Gasteiger partial charge in [0, 0.05) is 24.5 Å². The molecule has 2 atom stereocenters. The Bertz CT molecular complexity index is 480. The van der Waals surface area contributed by atoms with Crippen LogP contribution in [0, 0.1) is 0 Å². The van der Waals surface area contributed by atoms with Gasteiger partial charge in [-0.3, -0.25) is 0 Å². The Morgan fingerprint density at radius 1 is 1.40 bits per heavy atom. The Hall–Kier alpha value is -1.75. The minimum atomic E-state index is -0.374. The van der Waals surface area contributed by atoms with E-state index in [-0.39, 0.29) is 18.2 Å². The highest BCUT2D eigenvalue weighted by atomic mass is 16.5. The van der Waals surface area contributed by atoms with E-state index in [1.54, 1.807) is 19.1 Å². The van der Waals surface area contributed by atoms with Gasteiger partial charge in [-0.2, -0.15) is 0 Å². The fraction of sp³-hybridized carbons (Fsp3) is 0.533. The molecular formula is C15H22N2O3. The van der Waals surface area contributed by atoms with Crippen molar-refractivity contribution in [2.45, 2.75) is 33.0 Å². The highest BCUT2D eigenvalue weighted by Gasteiger charge is 2.23. The maximum absolute atomic E-state index is 11.9. The van der Waals surface area contributed by atoms with Gasteiger partial charge in [-0.25, -0.2) is 4.79 Å². The largest absolute Gasteiger partial charge is 0.462 e. The molecule has 5 nitrogen and oxygen atoms in total. The van der Waals surface area contributed by atoms with Gasteiger partial charge in [0.15, 0.2) is 0 Å². The molecule has 0 amide bonds. The van der Waals surface area contributed by atoms with Gasteiger partial charge in [-0.1, -0.05) is 0 Å². The predicted octanol–water partition coefficient (Wildman–Crippen LogP) is 2.06. The molecule has 110 valence electrons. The van der Waals surface area contributed by atoms with E-state index < -0.39 is 0 Å². The number of carbonyl (C=O) groups is 1. The van der Waals surface area contributed by atoms with Crippen LogP contribution in [0.5, 0.6) is 0 Å². The van der Waals surface area contributed by atoms with Gasteiger partial charge in [-0.15, -0.1) is 0 Å². The molecule has 1 aliphatic rings. The smallest absolute Gasteiger partial charge is 0.340 e. The van der Waals surface area contributed by atoms with E-state index in [9.17, 15) is 4.79 Å². The van der Waals surface area contributed by atoms with Crippen LogP contribution in [0.1, 0.15) is 31.1 Å². The van der Waals surface area contributed by atoms with Gasteiger partial charge < -0.3 is 20.1 Å². The lowest BCUT2D eigenvalue weighted by atomic mass is 10.1. The lowest BCUT2D eigenvalue weighted by Gasteiger charge is -2.37. The Morgan fingerprint density at radius 3 is 2.65 bits per heavy atom. The highest BCUT2D eigenvalue weighted by Crippen LogP contribution is 2.25. The van der Waals surface area contributed by atoms with Crippen molar-refractivity contribution in [2.24, 2.45) is 0 Å². The molecule has 20 heavy (non-hydrogen) atoms. The van der Waals surface area contributed by atoms with E-state index >= 15 is 0 Å². The summed E-state index contributed by atoms with van der Waals surface area (Å²) >= 11 is 0. The van der Waals surface area contributed by atoms with E-state index in [0.29, 0.717) is 17.9 Å². The second-order valence-corrected chi connectivity index (χ2v) is 5.15. The number of anilines is 2. The monoisotopic (exact) mass is 278 g/mol. The first-order chi connectivity index (χ1) is 9.51. The van der Waals surface area contributed by atoms with Crippen molar-refractivity contribution in [3.63, 3.8) is 0 Å². The lowest BCUT2D eigenvalue weighted by molar-refractivity contribution is -0.00521. The van der Waals surface area contributed by atoms with E-state index in [4.69, 9.17) is 15.2 Å². The number of nitrogen functional groups attached to an aromatic ring is 1. The topological polar surface area (TPSA) is 64.8 Å². The van der Waals surface area contributed by atoms with Gasteiger partial charge in [-0.05, 0) is 39.0 Å². The van der Waals surface area contributed by atoms with E-state index in [0.717, 1.165) is 18.8 Å². The fourth-order valence-electron chi connectivity index (χ4n) is 2.52. The molecule has 2 N–H and O–H groups in total. The van der Waals surface area contributed by atoms with Crippen molar-refractivity contribution in [3.8, 4) is 0 Å². The number of carbonyl (C=O) groups excluding carboxylic acids is 1. The summed E-state index contributed by atoms with van der Waals surface area (Å²) in [6.07, 6.45) is 0.338. The molecule has 1 heterocycles. The maximum Gasteiger partial charge on any atom is 0.340 e. The molecule has 0 spiro atoms. The zero-order chi connectivity index (χ0) is 14.7. The first kappa shape index (κ1) is 14.7. The summed E-state index contributed by atoms with van der Waals surface area (Å²) in [4.78, 5) is 14.1. The van der Waals surface area contributed by atoms with Crippen LogP contribution in [0.25, 0.3) is 0 Å². The zero-order valence-electron chi connectivity index (χ0n) is 12.3. The van der Waals surface area contributed by atoms with Gasteiger partial charge in [0.1, 0.15) is 0 Å². The van der Waals surface area contributed by atoms with Crippen LogP contribution in [0.3, 0.4) is 0 Å². The third-order valence-corrected chi connectivity index (χ3v) is 3.32. The molecule has 0 saturated carbocycles. The van der Waals surface area contributed by atoms with Crippen molar-refractivity contribution in [1.29, 1.82) is 0 Å². The summed E-state index contributed by atoms with van der Waals surface area (Å²) in [7, 11) is 0. The van der Waals surface area contributed by atoms with Gasteiger partial charge in [0.05, 0.1) is 24.4 Å². The molecule has 1 aromatic carbocycles. The Morgan fingerprint density at radius 2 is 2.05 bits per heavy atom. The number of esters is 1. The maximum atomic E-state index is 11.9. The normalized spacial score (nSPS) is 22.6. The molecule has 0 radical (unpaired) electrons. The number of hydrogen-bond donors (Lipinski definition) is 1. The molecule has 5 heteroatoms. The van der Waals surface area contributed by atoms with Gasteiger partial charge >= 0.3 is 5.97 Å². The van der Waals surface area contributed by atoms with Crippen molar-refractivity contribution >= 4 is 17.3 Å². The van der Waals surface area contributed by atoms with Crippen LogP contribution in [-0.2, 0) is 9.47 Å². The summed E-state index contributed by atoms with van der Waals surface area (Å²) in [6, 6.07) is 5.49. The number of benzene rings is 1. The average Bonchev–Trinajstić information content (AvgIpc) is 2.38. The van der Waals surface area contributed by atoms with Crippen molar-refractivity contribution < 1.29 is 14.3 Å². The molecule has 1 aromatic rings. The first-order valence-corrected chi connectivity index (χ1v) is 6.98. The van der Waals surface area contributed by atoms with E-state index in [1.807, 2.05) is 19.9 Å². The van der Waals surface area contributed by atoms with Crippen LogP contribution in [0.15, 0.2) is 18.2 Å². The fourth-order valence-corrected chi connectivity index (χ4v) is 2.52. The van der Waals surface area contributed by atoms with Crippen LogP contribution in [-0.4, -0.2) is 37.9 Å². The standard InChI is InChI=1S/C15H22N2O3/c1-4-19-15(18)13-7-12(5-6-14(13)16)17-8-10(2)20-11(3)9-17/h5-7,10-11H,4,8-9,16H2,1-3H3. The zero-order valence-corrected chi connectivity index (χ0v) is 12.3. The summed E-state index contributed by atoms with van der Waals surface area (Å²) in [5.74, 6) is -0.374. The highest BCUT2D eigenvalue weighted by molar-refractivity contribution is 5.96. The molecule has 2 rings (SSSR count). The number of hydrogen-bond acceptors (Lipinski definition) is 5. The summed E-state index contributed by atoms with van der Waals surface area (Å²) in [6.45, 7) is 7.82. The van der Waals surface area contributed by atoms with Gasteiger partial charge in [0.2, 0.25) is 0 Å². The van der Waals surface area contributed by atoms with Gasteiger partial charge in [0.25, 0.3) is 0 Å². The lowest BCUT2D eigenvalue weighted by Crippen LogP contribution is -2.45. The Kier molecular flexibility index (Phi) is 4.49. The quantitative estimate of drug-likeness (QED) is 0.677. The molecule has 0 aromatic heterocycles. The molecule has 2 unspecified atom stereocenters. The summed E-state index contributed by atoms with van der Waals surface area (Å²) in [5.41, 5.74) is 7.71. The van der Waals surface area contributed by atoms with Crippen molar-refractivity contribution in [3.05, 3.63) is 23.8 Å². The second kappa shape index (κ2) is 6.13. The van der Waals surface area contributed by atoms with Crippen LogP contribution < -0.4 is 10.6 Å². The first-order valence-electron chi connectivity index (χ1n) is 6.98. The Balaban J connectivity index is 2.24. The number of morpholine rings is 1. The van der Waals surface area contributed by atoms with Crippen molar-refractivity contribution in [1.82, 2.24) is 0 Å². The summed E-state index contributed by atoms with van der Waals surface area (Å²) in [5, 5.41) is 0. The molecule has 1 saturated heterocycles. The van der Waals surface area contributed by atoms with Crippen molar-refractivity contribution in [2.75, 3.05) is 30.3 Å².